The summed E-state index contributed by atoms with van der Waals surface area (Å²) >= 11 is 0. The van der Waals surface area contributed by atoms with Crippen molar-refractivity contribution in [1.82, 2.24) is 4.98 Å². The number of nitrogens with one attached hydrogen (secondary N) is 1. The van der Waals surface area contributed by atoms with Crippen molar-refractivity contribution >= 4 is 5.82 Å². The van der Waals surface area contributed by atoms with Crippen molar-refractivity contribution in [3.63, 3.8) is 0 Å². The van der Waals surface area contributed by atoms with Crippen LogP contribution in [-0.2, 0) is 4.74 Å². The molecule has 0 atom stereocenters. The average molecular weight is 264 g/mol. The SMILES string of the molecule is COC(C)(C)CNc1ccc(OC(F)(F)F)cn1. The quantitative estimate of drug-likeness (QED) is 0.888. The van der Waals surface area contributed by atoms with Crippen LogP contribution in [-0.4, -0.2) is 30.6 Å². The summed E-state index contributed by atoms with van der Waals surface area (Å²) in [4.78, 5) is 3.81. The average Bonchev–Trinajstić information content (AvgIpc) is 2.26. The molecule has 1 rings (SSSR count). The summed E-state index contributed by atoms with van der Waals surface area (Å²) in [5.41, 5.74) is -0.386. The molecule has 0 bridgehead atoms. The highest BCUT2D eigenvalue weighted by molar-refractivity contribution is 5.37. The Kier molecular flexibility index (Phi) is 4.39. The minimum Gasteiger partial charge on any atom is -0.404 e. The van der Waals surface area contributed by atoms with Gasteiger partial charge in [-0.2, -0.15) is 0 Å². The molecule has 0 saturated carbocycles. The van der Waals surface area contributed by atoms with Crippen LogP contribution < -0.4 is 10.1 Å². The fourth-order valence-electron chi connectivity index (χ4n) is 1.05. The van der Waals surface area contributed by atoms with Crippen molar-refractivity contribution in [2.75, 3.05) is 19.0 Å². The highest BCUT2D eigenvalue weighted by Gasteiger charge is 2.31. The normalized spacial score (nSPS) is 12.3. The van der Waals surface area contributed by atoms with Gasteiger partial charge in [-0.15, -0.1) is 13.2 Å². The topological polar surface area (TPSA) is 43.4 Å². The van der Waals surface area contributed by atoms with E-state index in [4.69, 9.17) is 4.74 Å². The number of aromatic nitrogens is 1. The van der Waals surface area contributed by atoms with E-state index in [0.29, 0.717) is 12.4 Å². The third-order valence-corrected chi connectivity index (χ3v) is 2.22. The molecule has 0 aliphatic carbocycles. The van der Waals surface area contributed by atoms with Gasteiger partial charge in [0.2, 0.25) is 0 Å². The Balaban J connectivity index is 2.56. The second-order valence-corrected chi connectivity index (χ2v) is 4.24. The van der Waals surface area contributed by atoms with Crippen LogP contribution in [0.2, 0.25) is 0 Å². The Morgan fingerprint density at radius 1 is 1.28 bits per heavy atom. The predicted octanol–water partition coefficient (Wildman–Crippen LogP) is 2.82. The molecule has 4 nitrogen and oxygen atoms in total. The monoisotopic (exact) mass is 264 g/mol. The fraction of sp³-hybridized carbons (Fsp3) is 0.545. The molecule has 0 aliphatic rings. The van der Waals surface area contributed by atoms with E-state index >= 15 is 0 Å². The van der Waals surface area contributed by atoms with Gasteiger partial charge in [0.1, 0.15) is 11.6 Å². The number of nitrogens with zero attached hydrogens (tertiary/aromatic N) is 1. The zero-order valence-corrected chi connectivity index (χ0v) is 10.3. The molecule has 0 aliphatic heterocycles. The maximum absolute atomic E-state index is 11.9. The van der Waals surface area contributed by atoms with Gasteiger partial charge in [0, 0.05) is 13.7 Å². The number of halogens is 3. The molecular weight excluding hydrogens is 249 g/mol. The van der Waals surface area contributed by atoms with Crippen molar-refractivity contribution in [2.45, 2.75) is 25.8 Å². The maximum Gasteiger partial charge on any atom is 0.573 e. The molecule has 102 valence electrons. The summed E-state index contributed by atoms with van der Waals surface area (Å²) in [6, 6.07) is 2.61. The van der Waals surface area contributed by atoms with Gasteiger partial charge in [0.15, 0.2) is 0 Å². The molecule has 1 aromatic rings. The molecule has 1 aromatic heterocycles. The van der Waals surface area contributed by atoms with Gasteiger partial charge in [0.05, 0.1) is 11.8 Å². The highest BCUT2D eigenvalue weighted by Crippen LogP contribution is 2.22. The van der Waals surface area contributed by atoms with Crippen LogP contribution in [0.3, 0.4) is 0 Å². The summed E-state index contributed by atoms with van der Waals surface area (Å²) in [6.45, 7) is 4.23. The largest absolute Gasteiger partial charge is 0.573 e. The molecule has 0 unspecified atom stereocenters. The number of hydrogen-bond acceptors (Lipinski definition) is 4. The van der Waals surface area contributed by atoms with Crippen molar-refractivity contribution in [2.24, 2.45) is 0 Å². The summed E-state index contributed by atoms with van der Waals surface area (Å²) in [5.74, 6) is 0.105. The lowest BCUT2D eigenvalue weighted by atomic mass is 10.1. The van der Waals surface area contributed by atoms with Crippen LogP contribution in [0.1, 0.15) is 13.8 Å². The molecule has 0 radical (unpaired) electrons. The van der Waals surface area contributed by atoms with E-state index in [-0.39, 0.29) is 11.4 Å². The lowest BCUT2D eigenvalue weighted by Gasteiger charge is -2.23. The van der Waals surface area contributed by atoms with Gasteiger partial charge in [-0.25, -0.2) is 4.98 Å². The third kappa shape index (κ3) is 5.22. The minimum absolute atomic E-state index is 0.348. The molecular formula is C11H15F3N2O2. The number of methoxy groups -OCH3 is 1. The van der Waals surface area contributed by atoms with Crippen LogP contribution in [0, 0.1) is 0 Å². The van der Waals surface area contributed by atoms with E-state index in [1.54, 1.807) is 7.11 Å². The summed E-state index contributed by atoms with van der Waals surface area (Å²) < 4.78 is 44.6. The standard InChI is InChI=1S/C11H15F3N2O2/c1-10(2,17-3)7-16-9-5-4-8(6-15-9)18-11(12,13)14/h4-6H,7H2,1-3H3,(H,15,16). The van der Waals surface area contributed by atoms with Crippen LogP contribution in [0.5, 0.6) is 5.75 Å². The summed E-state index contributed by atoms with van der Waals surface area (Å²) in [5, 5.41) is 2.95. The molecule has 7 heteroatoms. The number of ether oxygens (including phenoxy) is 2. The molecule has 0 fully saturated rings. The van der Waals surface area contributed by atoms with Crippen molar-refractivity contribution in [3.05, 3.63) is 18.3 Å². The van der Waals surface area contributed by atoms with Crippen LogP contribution >= 0.6 is 0 Å². The summed E-state index contributed by atoms with van der Waals surface area (Å²) in [6.07, 6.45) is -3.69. The van der Waals surface area contributed by atoms with E-state index in [9.17, 15) is 13.2 Å². The molecule has 1 N–H and O–H groups in total. The molecule has 18 heavy (non-hydrogen) atoms. The van der Waals surface area contributed by atoms with E-state index in [2.05, 4.69) is 15.0 Å². The van der Waals surface area contributed by atoms with Gasteiger partial charge in [0.25, 0.3) is 0 Å². The van der Waals surface area contributed by atoms with Crippen LogP contribution in [0.4, 0.5) is 19.0 Å². The predicted molar refractivity (Wildman–Crippen MR) is 60.5 cm³/mol. The van der Waals surface area contributed by atoms with E-state index in [1.807, 2.05) is 13.8 Å². The molecule has 0 amide bonds. The van der Waals surface area contributed by atoms with Gasteiger partial charge >= 0.3 is 6.36 Å². The highest BCUT2D eigenvalue weighted by atomic mass is 19.4. The molecule has 0 saturated heterocycles. The lowest BCUT2D eigenvalue weighted by Crippen LogP contribution is -2.32. The van der Waals surface area contributed by atoms with Crippen molar-refractivity contribution in [1.29, 1.82) is 0 Å². The van der Waals surface area contributed by atoms with Crippen molar-refractivity contribution < 1.29 is 22.6 Å². The van der Waals surface area contributed by atoms with Gasteiger partial charge in [-0.05, 0) is 26.0 Å². The minimum atomic E-state index is -4.70. The first-order valence-corrected chi connectivity index (χ1v) is 5.23. The lowest BCUT2D eigenvalue weighted by molar-refractivity contribution is -0.274. The maximum atomic E-state index is 11.9. The van der Waals surface area contributed by atoms with E-state index in [1.165, 1.54) is 12.1 Å². The smallest absolute Gasteiger partial charge is 0.404 e. The zero-order valence-electron chi connectivity index (χ0n) is 10.3. The molecule has 0 spiro atoms. The third-order valence-electron chi connectivity index (χ3n) is 2.22. The van der Waals surface area contributed by atoms with E-state index < -0.39 is 6.36 Å². The second kappa shape index (κ2) is 5.43. The Bertz CT molecular complexity index is 377. The number of hydrogen-bond donors (Lipinski definition) is 1. The first-order chi connectivity index (χ1) is 8.22. The van der Waals surface area contributed by atoms with Crippen molar-refractivity contribution in [3.8, 4) is 5.75 Å². The Labute approximate surface area is 103 Å². The van der Waals surface area contributed by atoms with Gasteiger partial charge in [-0.3, -0.25) is 0 Å². The Morgan fingerprint density at radius 3 is 2.39 bits per heavy atom. The first kappa shape index (κ1) is 14.6. The number of anilines is 1. The van der Waals surface area contributed by atoms with E-state index in [0.717, 1.165) is 6.20 Å². The molecule has 1 heterocycles. The zero-order chi connectivity index (χ0) is 13.8. The first-order valence-electron chi connectivity index (χ1n) is 5.23. The second-order valence-electron chi connectivity index (χ2n) is 4.24. The number of pyridine rings is 1. The number of rotatable bonds is 5. The van der Waals surface area contributed by atoms with Gasteiger partial charge in [-0.1, -0.05) is 0 Å². The molecule has 0 aromatic carbocycles. The summed E-state index contributed by atoms with van der Waals surface area (Å²) in [7, 11) is 1.58. The van der Waals surface area contributed by atoms with Gasteiger partial charge < -0.3 is 14.8 Å². The van der Waals surface area contributed by atoms with Crippen LogP contribution in [0.15, 0.2) is 18.3 Å². The Hall–Kier alpha value is -1.50. The van der Waals surface area contributed by atoms with Crippen LogP contribution in [0.25, 0.3) is 0 Å². The Morgan fingerprint density at radius 2 is 1.94 bits per heavy atom. The number of alkyl halides is 3. The fourth-order valence-corrected chi connectivity index (χ4v) is 1.05.